The molecular formula is C13H10F3NO2. The first kappa shape index (κ1) is 13.3. The number of carboxylic acid groups (broad SMARTS) is 1. The van der Waals surface area contributed by atoms with E-state index in [0.29, 0.717) is 10.9 Å². The maximum atomic E-state index is 12.9. The predicted molar refractivity (Wildman–Crippen MR) is 62.8 cm³/mol. The Kier molecular flexibility index (Phi) is 3.42. The topological polar surface area (TPSA) is 50.2 Å². The average molecular weight is 269 g/mol. The highest BCUT2D eigenvalue weighted by atomic mass is 19.4. The normalized spacial score (nSPS) is 13.4. The van der Waals surface area contributed by atoms with Crippen molar-refractivity contribution in [3.05, 3.63) is 42.1 Å². The lowest BCUT2D eigenvalue weighted by molar-refractivity contribution is -0.163. The van der Waals surface area contributed by atoms with Crippen molar-refractivity contribution in [2.75, 3.05) is 0 Å². The van der Waals surface area contributed by atoms with Crippen molar-refractivity contribution >= 4 is 16.9 Å². The molecular weight excluding hydrogens is 259 g/mol. The van der Waals surface area contributed by atoms with Crippen molar-refractivity contribution in [1.29, 1.82) is 0 Å². The Hall–Kier alpha value is -2.11. The molecule has 1 atom stereocenters. The molecule has 0 fully saturated rings. The van der Waals surface area contributed by atoms with E-state index in [1.54, 1.807) is 24.3 Å². The van der Waals surface area contributed by atoms with E-state index < -0.39 is 24.5 Å². The zero-order chi connectivity index (χ0) is 14.0. The van der Waals surface area contributed by atoms with Crippen LogP contribution in [0.25, 0.3) is 10.9 Å². The zero-order valence-corrected chi connectivity index (χ0v) is 9.69. The van der Waals surface area contributed by atoms with E-state index in [2.05, 4.69) is 4.98 Å². The molecule has 0 aliphatic heterocycles. The van der Waals surface area contributed by atoms with Crippen molar-refractivity contribution < 1.29 is 23.1 Å². The van der Waals surface area contributed by atoms with Crippen LogP contribution in [0.5, 0.6) is 0 Å². The highest BCUT2D eigenvalue weighted by molar-refractivity contribution is 5.78. The molecule has 0 aliphatic carbocycles. The van der Waals surface area contributed by atoms with Gasteiger partial charge >= 0.3 is 12.1 Å². The summed E-state index contributed by atoms with van der Waals surface area (Å²) < 4.78 is 38.6. The molecule has 0 aliphatic rings. The number of pyridine rings is 1. The van der Waals surface area contributed by atoms with Crippen LogP contribution in [0, 0.1) is 0 Å². The number of rotatable bonds is 3. The maximum Gasteiger partial charge on any atom is 0.397 e. The van der Waals surface area contributed by atoms with Gasteiger partial charge in [0, 0.05) is 5.39 Å². The molecule has 1 aromatic carbocycles. The number of aromatic nitrogens is 1. The summed E-state index contributed by atoms with van der Waals surface area (Å²) in [6.07, 6.45) is -5.65. The van der Waals surface area contributed by atoms with Gasteiger partial charge in [-0.1, -0.05) is 24.3 Å². The maximum absolute atomic E-state index is 12.9. The lowest BCUT2D eigenvalue weighted by Gasteiger charge is -2.18. The summed E-state index contributed by atoms with van der Waals surface area (Å²) in [4.78, 5) is 14.5. The van der Waals surface area contributed by atoms with Gasteiger partial charge in [-0.3, -0.25) is 9.78 Å². The number of carboxylic acids is 1. The predicted octanol–water partition coefficient (Wildman–Crippen LogP) is 3.36. The first-order valence-corrected chi connectivity index (χ1v) is 5.52. The molecule has 6 heteroatoms. The minimum atomic E-state index is -4.63. The molecule has 100 valence electrons. The molecule has 0 amide bonds. The number of para-hydroxylation sites is 1. The molecule has 1 unspecified atom stereocenters. The SMILES string of the molecule is O=C(O)CC(c1ccc2ccccc2n1)C(F)(F)F. The van der Waals surface area contributed by atoms with Gasteiger partial charge in [0.1, 0.15) is 5.92 Å². The summed E-state index contributed by atoms with van der Waals surface area (Å²) >= 11 is 0. The van der Waals surface area contributed by atoms with Crippen molar-refractivity contribution in [2.24, 2.45) is 0 Å². The summed E-state index contributed by atoms with van der Waals surface area (Å²) in [6, 6.07) is 9.47. The highest BCUT2D eigenvalue weighted by Crippen LogP contribution is 2.37. The van der Waals surface area contributed by atoms with Crippen LogP contribution < -0.4 is 0 Å². The molecule has 1 aromatic heterocycles. The Morgan fingerprint density at radius 1 is 1.21 bits per heavy atom. The lowest BCUT2D eigenvalue weighted by Crippen LogP contribution is -2.24. The number of aliphatic carboxylic acids is 1. The van der Waals surface area contributed by atoms with E-state index >= 15 is 0 Å². The lowest BCUT2D eigenvalue weighted by atomic mass is 9.99. The van der Waals surface area contributed by atoms with E-state index in [1.807, 2.05) is 0 Å². The van der Waals surface area contributed by atoms with Crippen LogP contribution >= 0.6 is 0 Å². The fraction of sp³-hybridized carbons (Fsp3) is 0.231. The average Bonchev–Trinajstić information content (AvgIpc) is 2.34. The summed E-state index contributed by atoms with van der Waals surface area (Å²) in [7, 11) is 0. The number of nitrogens with zero attached hydrogens (tertiary/aromatic N) is 1. The van der Waals surface area contributed by atoms with E-state index in [0.717, 1.165) is 0 Å². The second-order valence-corrected chi connectivity index (χ2v) is 4.12. The number of benzene rings is 1. The van der Waals surface area contributed by atoms with E-state index in [4.69, 9.17) is 5.11 Å². The van der Waals surface area contributed by atoms with Gasteiger partial charge in [0.2, 0.25) is 0 Å². The number of halogens is 3. The van der Waals surface area contributed by atoms with Gasteiger partial charge in [-0.15, -0.1) is 0 Å². The fourth-order valence-corrected chi connectivity index (χ4v) is 1.84. The van der Waals surface area contributed by atoms with Crippen molar-refractivity contribution in [3.8, 4) is 0 Å². The number of fused-ring (bicyclic) bond motifs is 1. The molecule has 3 nitrogen and oxygen atoms in total. The summed E-state index contributed by atoms with van der Waals surface area (Å²) in [6.45, 7) is 0. The van der Waals surface area contributed by atoms with Crippen LogP contribution in [0.4, 0.5) is 13.2 Å². The van der Waals surface area contributed by atoms with E-state index in [-0.39, 0.29) is 5.69 Å². The zero-order valence-electron chi connectivity index (χ0n) is 9.69. The third-order valence-electron chi connectivity index (χ3n) is 2.75. The smallest absolute Gasteiger partial charge is 0.397 e. The monoisotopic (exact) mass is 269 g/mol. The first-order valence-electron chi connectivity index (χ1n) is 5.52. The Morgan fingerprint density at radius 3 is 2.53 bits per heavy atom. The molecule has 0 spiro atoms. The first-order chi connectivity index (χ1) is 8.88. The van der Waals surface area contributed by atoms with E-state index in [9.17, 15) is 18.0 Å². The largest absolute Gasteiger partial charge is 0.481 e. The van der Waals surface area contributed by atoms with Gasteiger partial charge in [-0.05, 0) is 12.1 Å². The highest BCUT2D eigenvalue weighted by Gasteiger charge is 2.43. The quantitative estimate of drug-likeness (QED) is 0.929. The van der Waals surface area contributed by atoms with Gasteiger partial charge in [0.25, 0.3) is 0 Å². The van der Waals surface area contributed by atoms with Crippen molar-refractivity contribution in [2.45, 2.75) is 18.5 Å². The van der Waals surface area contributed by atoms with Gasteiger partial charge in [-0.25, -0.2) is 0 Å². The minimum Gasteiger partial charge on any atom is -0.481 e. The van der Waals surface area contributed by atoms with Crippen LogP contribution in [0.3, 0.4) is 0 Å². The fourth-order valence-electron chi connectivity index (χ4n) is 1.84. The molecule has 0 saturated heterocycles. The van der Waals surface area contributed by atoms with Crippen LogP contribution in [-0.4, -0.2) is 22.2 Å². The van der Waals surface area contributed by atoms with E-state index in [1.165, 1.54) is 12.1 Å². The Labute approximate surface area is 106 Å². The molecule has 1 heterocycles. The van der Waals surface area contributed by atoms with Crippen molar-refractivity contribution in [3.63, 3.8) is 0 Å². The summed E-state index contributed by atoms with van der Waals surface area (Å²) in [5.41, 5.74) is 0.147. The number of hydrogen-bond acceptors (Lipinski definition) is 2. The summed E-state index contributed by atoms with van der Waals surface area (Å²) in [5, 5.41) is 9.30. The molecule has 19 heavy (non-hydrogen) atoms. The standard InChI is InChI=1S/C13H10F3NO2/c14-13(15,16)9(7-12(18)19)11-6-5-8-3-1-2-4-10(8)17-11/h1-6,9H,7H2,(H,18,19). The number of hydrogen-bond donors (Lipinski definition) is 1. The molecule has 2 rings (SSSR count). The third-order valence-corrected chi connectivity index (χ3v) is 2.75. The second kappa shape index (κ2) is 4.87. The van der Waals surface area contributed by atoms with Crippen LogP contribution in [0.15, 0.2) is 36.4 Å². The van der Waals surface area contributed by atoms with Gasteiger partial charge in [0.05, 0.1) is 17.6 Å². The molecule has 1 N–H and O–H groups in total. The third kappa shape index (κ3) is 3.01. The van der Waals surface area contributed by atoms with Gasteiger partial charge in [0.15, 0.2) is 0 Å². The number of carbonyl (C=O) groups is 1. The van der Waals surface area contributed by atoms with Gasteiger partial charge < -0.3 is 5.11 Å². The van der Waals surface area contributed by atoms with Crippen LogP contribution in [0.1, 0.15) is 18.0 Å². The van der Waals surface area contributed by atoms with Crippen LogP contribution in [0.2, 0.25) is 0 Å². The Morgan fingerprint density at radius 2 is 1.89 bits per heavy atom. The summed E-state index contributed by atoms with van der Waals surface area (Å²) in [5.74, 6) is -3.59. The molecule has 0 bridgehead atoms. The molecule has 0 saturated carbocycles. The molecule has 0 radical (unpaired) electrons. The Bertz CT molecular complexity index is 610. The molecule has 2 aromatic rings. The number of alkyl halides is 3. The van der Waals surface area contributed by atoms with Gasteiger partial charge in [-0.2, -0.15) is 13.2 Å². The van der Waals surface area contributed by atoms with Crippen LogP contribution in [-0.2, 0) is 4.79 Å². The van der Waals surface area contributed by atoms with Crippen molar-refractivity contribution in [1.82, 2.24) is 4.98 Å². The Balaban J connectivity index is 2.46. The second-order valence-electron chi connectivity index (χ2n) is 4.12. The minimum absolute atomic E-state index is 0.270.